The molecule has 18 heavy (non-hydrogen) atoms. The van der Waals surface area contributed by atoms with Gasteiger partial charge in [0.05, 0.1) is 6.33 Å². The third kappa shape index (κ3) is 2.51. The van der Waals surface area contributed by atoms with E-state index in [1.165, 1.54) is 11.9 Å². The Labute approximate surface area is 105 Å². The Bertz CT molecular complexity index is 588. The molecule has 0 saturated heterocycles. The van der Waals surface area contributed by atoms with Crippen molar-refractivity contribution < 1.29 is 4.74 Å². The molecule has 1 aromatic heterocycles. The molecule has 0 fully saturated rings. The Kier molecular flexibility index (Phi) is 3.32. The van der Waals surface area contributed by atoms with Gasteiger partial charge in [0.15, 0.2) is 5.69 Å². The van der Waals surface area contributed by atoms with Crippen LogP contribution in [0.15, 0.2) is 35.4 Å². The molecule has 1 aromatic carbocycles. The lowest BCUT2D eigenvalue weighted by molar-refractivity contribution is 0.463. The maximum atomic E-state index is 11.3. The molecule has 1 heterocycles. The second-order valence-corrected chi connectivity index (χ2v) is 4.28. The van der Waals surface area contributed by atoms with Gasteiger partial charge in [-0.25, -0.2) is 4.98 Å². The smallest absolute Gasteiger partial charge is 0.277 e. The van der Waals surface area contributed by atoms with Crippen LogP contribution >= 0.6 is 0 Å². The van der Waals surface area contributed by atoms with Crippen molar-refractivity contribution in [3.8, 4) is 11.6 Å². The molecule has 0 atom stereocenters. The van der Waals surface area contributed by atoms with Gasteiger partial charge in [0, 0.05) is 0 Å². The molecule has 0 aliphatic rings. The number of nitrogens with two attached hydrogens (primary N) is 1. The second-order valence-electron chi connectivity index (χ2n) is 4.28. The summed E-state index contributed by atoms with van der Waals surface area (Å²) in [6.45, 7) is 4.23. The minimum absolute atomic E-state index is 0.0227. The van der Waals surface area contributed by atoms with E-state index in [2.05, 4.69) is 23.8 Å². The number of aromatic nitrogens is 2. The zero-order valence-corrected chi connectivity index (χ0v) is 10.3. The van der Waals surface area contributed by atoms with Gasteiger partial charge in [0.2, 0.25) is 5.88 Å². The Morgan fingerprint density at radius 1 is 1.28 bits per heavy atom. The average Bonchev–Trinajstić information content (AvgIpc) is 2.36. The van der Waals surface area contributed by atoms with Crippen LogP contribution in [0.4, 0.5) is 5.69 Å². The van der Waals surface area contributed by atoms with Gasteiger partial charge in [-0.2, -0.15) is 0 Å². The Morgan fingerprint density at radius 3 is 2.56 bits per heavy atom. The highest BCUT2D eigenvalue weighted by Crippen LogP contribution is 2.24. The van der Waals surface area contributed by atoms with Gasteiger partial charge in [0.1, 0.15) is 5.75 Å². The molecule has 5 heteroatoms. The first-order valence-electron chi connectivity index (χ1n) is 5.69. The lowest BCUT2D eigenvalue weighted by atomic mass is 10.0. The molecule has 0 aliphatic heterocycles. The monoisotopic (exact) mass is 245 g/mol. The van der Waals surface area contributed by atoms with E-state index in [9.17, 15) is 4.79 Å². The predicted molar refractivity (Wildman–Crippen MR) is 69.9 cm³/mol. The van der Waals surface area contributed by atoms with Crippen molar-refractivity contribution in [3.63, 3.8) is 0 Å². The van der Waals surface area contributed by atoms with Gasteiger partial charge >= 0.3 is 0 Å². The Hall–Kier alpha value is -2.30. The summed E-state index contributed by atoms with van der Waals surface area (Å²) < 4.78 is 5.47. The van der Waals surface area contributed by atoms with Crippen LogP contribution in [0.3, 0.4) is 0 Å². The first-order valence-corrected chi connectivity index (χ1v) is 5.69. The Morgan fingerprint density at radius 2 is 1.94 bits per heavy atom. The number of ether oxygens (including phenoxy) is 1. The van der Waals surface area contributed by atoms with Gasteiger partial charge in [-0.1, -0.05) is 26.0 Å². The number of hydrogen-bond donors (Lipinski definition) is 2. The van der Waals surface area contributed by atoms with E-state index < -0.39 is 5.56 Å². The van der Waals surface area contributed by atoms with Gasteiger partial charge in [-0.3, -0.25) is 4.79 Å². The number of H-pyrrole nitrogens is 1. The highest BCUT2D eigenvalue weighted by atomic mass is 16.5. The molecule has 2 aromatic rings. The van der Waals surface area contributed by atoms with E-state index in [0.29, 0.717) is 11.7 Å². The van der Waals surface area contributed by atoms with Crippen LogP contribution in [0.1, 0.15) is 25.3 Å². The van der Waals surface area contributed by atoms with Crippen LogP contribution in [0, 0.1) is 0 Å². The van der Waals surface area contributed by atoms with Crippen LogP contribution in [0.25, 0.3) is 0 Å². The fourth-order valence-electron chi connectivity index (χ4n) is 1.51. The third-order valence-corrected chi connectivity index (χ3v) is 2.61. The maximum Gasteiger partial charge on any atom is 0.277 e. The summed E-state index contributed by atoms with van der Waals surface area (Å²) in [5, 5.41) is 0. The van der Waals surface area contributed by atoms with Crippen LogP contribution in [-0.2, 0) is 0 Å². The van der Waals surface area contributed by atoms with Gasteiger partial charge < -0.3 is 15.5 Å². The normalized spacial score (nSPS) is 10.6. The van der Waals surface area contributed by atoms with E-state index in [0.717, 1.165) is 0 Å². The fraction of sp³-hybridized carbons (Fsp3) is 0.231. The van der Waals surface area contributed by atoms with E-state index in [4.69, 9.17) is 10.5 Å². The van der Waals surface area contributed by atoms with E-state index in [1.807, 2.05) is 24.3 Å². The van der Waals surface area contributed by atoms with Crippen molar-refractivity contribution in [1.82, 2.24) is 9.97 Å². The van der Waals surface area contributed by atoms with Gasteiger partial charge in [-0.15, -0.1) is 0 Å². The van der Waals surface area contributed by atoms with Crippen LogP contribution in [-0.4, -0.2) is 9.97 Å². The summed E-state index contributed by atoms with van der Waals surface area (Å²) in [6, 6.07) is 7.61. The average molecular weight is 245 g/mol. The number of nitrogens with zero attached hydrogens (tertiary/aromatic N) is 1. The van der Waals surface area contributed by atoms with Crippen molar-refractivity contribution >= 4 is 5.69 Å². The number of aromatic amines is 1. The summed E-state index contributed by atoms with van der Waals surface area (Å²) in [6.07, 6.45) is 1.26. The topological polar surface area (TPSA) is 81.0 Å². The molecule has 0 radical (unpaired) electrons. The van der Waals surface area contributed by atoms with Crippen molar-refractivity contribution in [2.75, 3.05) is 5.73 Å². The zero-order chi connectivity index (χ0) is 13.1. The molecule has 3 N–H and O–H groups in total. The molecule has 0 bridgehead atoms. The van der Waals surface area contributed by atoms with Gasteiger partial charge in [0.25, 0.3) is 5.56 Å². The molecule has 0 spiro atoms. The highest BCUT2D eigenvalue weighted by Gasteiger charge is 2.07. The lowest BCUT2D eigenvalue weighted by Gasteiger charge is -2.08. The first-order chi connectivity index (χ1) is 8.58. The third-order valence-electron chi connectivity index (χ3n) is 2.61. The summed E-state index contributed by atoms with van der Waals surface area (Å²) in [5.41, 5.74) is 6.37. The largest absolute Gasteiger partial charge is 0.437 e. The fourth-order valence-corrected chi connectivity index (χ4v) is 1.51. The number of anilines is 1. The quantitative estimate of drug-likeness (QED) is 0.869. The molecular weight excluding hydrogens is 230 g/mol. The summed E-state index contributed by atoms with van der Waals surface area (Å²) in [5.74, 6) is 1.18. The standard InChI is InChI=1S/C13H15N3O2/c1-8(2)9-3-5-10(6-4-9)18-13-11(14)12(17)15-7-16-13/h3-8H,14H2,1-2H3,(H,15,16,17). The molecule has 0 amide bonds. The van der Waals surface area contributed by atoms with Crippen molar-refractivity contribution in [1.29, 1.82) is 0 Å². The zero-order valence-electron chi connectivity index (χ0n) is 10.3. The summed E-state index contributed by atoms with van der Waals surface area (Å²) in [4.78, 5) is 17.5. The molecule has 2 rings (SSSR count). The van der Waals surface area contributed by atoms with Crippen molar-refractivity contribution in [2.45, 2.75) is 19.8 Å². The van der Waals surface area contributed by atoms with Crippen LogP contribution in [0.5, 0.6) is 11.6 Å². The molecule has 5 nitrogen and oxygen atoms in total. The second kappa shape index (κ2) is 4.91. The first kappa shape index (κ1) is 12.2. The predicted octanol–water partition coefficient (Wildman–Crippen LogP) is 2.27. The lowest BCUT2D eigenvalue weighted by Crippen LogP contribution is -2.13. The summed E-state index contributed by atoms with van der Waals surface area (Å²) in [7, 11) is 0. The molecule has 0 saturated carbocycles. The molecule has 0 unspecified atom stereocenters. The number of nitrogen functional groups attached to an aromatic ring is 1. The Balaban J connectivity index is 2.24. The number of rotatable bonds is 3. The number of nitrogens with one attached hydrogen (secondary N) is 1. The number of benzene rings is 1. The van der Waals surface area contributed by atoms with Crippen molar-refractivity contribution in [2.24, 2.45) is 0 Å². The van der Waals surface area contributed by atoms with E-state index >= 15 is 0 Å². The van der Waals surface area contributed by atoms with Crippen molar-refractivity contribution in [3.05, 3.63) is 46.5 Å². The number of hydrogen-bond acceptors (Lipinski definition) is 4. The van der Waals surface area contributed by atoms with E-state index in [-0.39, 0.29) is 11.6 Å². The molecular formula is C13H15N3O2. The minimum atomic E-state index is -0.404. The van der Waals surface area contributed by atoms with Crippen LogP contribution < -0.4 is 16.0 Å². The van der Waals surface area contributed by atoms with Gasteiger partial charge in [-0.05, 0) is 23.6 Å². The minimum Gasteiger partial charge on any atom is -0.437 e. The summed E-state index contributed by atoms with van der Waals surface area (Å²) >= 11 is 0. The molecule has 0 aliphatic carbocycles. The van der Waals surface area contributed by atoms with E-state index in [1.54, 1.807) is 0 Å². The SMILES string of the molecule is CC(C)c1ccc(Oc2nc[nH]c(=O)c2N)cc1. The highest BCUT2D eigenvalue weighted by molar-refractivity contribution is 5.47. The molecule has 94 valence electrons. The van der Waals surface area contributed by atoms with Crippen LogP contribution in [0.2, 0.25) is 0 Å². The maximum absolute atomic E-state index is 11.3.